The Morgan fingerprint density at radius 2 is 2.00 bits per heavy atom. The molecule has 2 aromatic rings. The summed E-state index contributed by atoms with van der Waals surface area (Å²) in [6.07, 6.45) is 1.82. The average Bonchev–Trinajstić information content (AvgIpc) is 3.01. The van der Waals surface area contributed by atoms with E-state index in [1.54, 1.807) is 13.2 Å². The van der Waals surface area contributed by atoms with Gasteiger partial charge >= 0.3 is 5.97 Å². The Labute approximate surface area is 194 Å². The standard InChI is InChI=1S/C23H26Br2O5/c1-5-6-20(26)30-23(27)10-9-15-17(23)12-18(24)22(21(15)25)29-14-7-8-19(28-4)16(11-14)13(2)3/h7-8,11-13,27H,5-6,9-10H2,1-4H3. The second-order valence-corrected chi connectivity index (χ2v) is 9.34. The molecule has 162 valence electrons. The minimum atomic E-state index is -1.61. The molecule has 1 aliphatic carbocycles. The molecular formula is C23H26Br2O5. The topological polar surface area (TPSA) is 65.0 Å². The summed E-state index contributed by atoms with van der Waals surface area (Å²) in [5.41, 5.74) is 2.51. The van der Waals surface area contributed by atoms with E-state index in [2.05, 4.69) is 45.7 Å². The third-order valence-electron chi connectivity index (χ3n) is 5.19. The summed E-state index contributed by atoms with van der Waals surface area (Å²) < 4.78 is 18.5. The maximum Gasteiger partial charge on any atom is 0.308 e. The lowest BCUT2D eigenvalue weighted by molar-refractivity contribution is -0.214. The van der Waals surface area contributed by atoms with E-state index in [9.17, 15) is 9.90 Å². The second kappa shape index (κ2) is 9.28. The Kier molecular flexibility index (Phi) is 7.15. The van der Waals surface area contributed by atoms with Crippen molar-refractivity contribution >= 4 is 37.8 Å². The molecule has 0 radical (unpaired) electrons. The summed E-state index contributed by atoms with van der Waals surface area (Å²) in [5.74, 6) is 0.378. The highest BCUT2D eigenvalue weighted by Crippen LogP contribution is 2.49. The Morgan fingerprint density at radius 1 is 1.27 bits per heavy atom. The molecule has 1 unspecified atom stereocenters. The van der Waals surface area contributed by atoms with Crippen molar-refractivity contribution in [2.75, 3.05) is 7.11 Å². The van der Waals surface area contributed by atoms with Crippen LogP contribution in [0.3, 0.4) is 0 Å². The molecule has 0 aromatic heterocycles. The first-order chi connectivity index (χ1) is 14.2. The SMILES string of the molecule is CCCC(=O)OC1(O)CCc2c1cc(Br)c(Oc1ccc(OC)c(C(C)C)c1)c2Br. The number of methoxy groups -OCH3 is 1. The van der Waals surface area contributed by atoms with E-state index in [1.807, 2.05) is 25.1 Å². The number of halogens is 2. The van der Waals surface area contributed by atoms with Gasteiger partial charge in [-0.25, -0.2) is 0 Å². The van der Waals surface area contributed by atoms with E-state index in [4.69, 9.17) is 14.2 Å². The van der Waals surface area contributed by atoms with Crippen LogP contribution in [-0.4, -0.2) is 18.2 Å². The Balaban J connectivity index is 1.95. The average molecular weight is 542 g/mol. The van der Waals surface area contributed by atoms with Gasteiger partial charge in [0.1, 0.15) is 11.5 Å². The van der Waals surface area contributed by atoms with Crippen molar-refractivity contribution in [3.63, 3.8) is 0 Å². The van der Waals surface area contributed by atoms with Gasteiger partial charge in [-0.3, -0.25) is 4.79 Å². The van der Waals surface area contributed by atoms with Crippen LogP contribution in [0, 0.1) is 0 Å². The zero-order valence-corrected chi connectivity index (χ0v) is 20.7. The molecule has 3 rings (SSSR count). The van der Waals surface area contributed by atoms with Gasteiger partial charge in [0.05, 0.1) is 16.1 Å². The first kappa shape index (κ1) is 23.1. The van der Waals surface area contributed by atoms with Crippen molar-refractivity contribution in [2.45, 2.75) is 58.2 Å². The van der Waals surface area contributed by atoms with Gasteiger partial charge in [-0.05, 0) is 80.4 Å². The fraction of sp³-hybridized carbons (Fsp3) is 0.435. The van der Waals surface area contributed by atoms with Gasteiger partial charge in [-0.2, -0.15) is 0 Å². The highest BCUT2D eigenvalue weighted by Gasteiger charge is 2.42. The molecule has 7 heteroatoms. The second-order valence-electron chi connectivity index (χ2n) is 7.70. The summed E-state index contributed by atoms with van der Waals surface area (Å²) in [6, 6.07) is 7.50. The van der Waals surface area contributed by atoms with Gasteiger partial charge in [-0.15, -0.1) is 0 Å². The quantitative estimate of drug-likeness (QED) is 0.317. The number of carbonyl (C=O) groups is 1. The zero-order valence-electron chi connectivity index (χ0n) is 17.6. The van der Waals surface area contributed by atoms with Gasteiger partial charge in [0.25, 0.3) is 0 Å². The number of benzene rings is 2. The van der Waals surface area contributed by atoms with Crippen molar-refractivity contribution in [1.82, 2.24) is 0 Å². The number of esters is 1. The maximum atomic E-state index is 12.0. The number of fused-ring (bicyclic) bond motifs is 1. The monoisotopic (exact) mass is 540 g/mol. The number of ether oxygens (including phenoxy) is 3. The number of carbonyl (C=O) groups excluding carboxylic acids is 1. The molecule has 1 atom stereocenters. The Hall–Kier alpha value is -1.57. The third kappa shape index (κ3) is 4.53. The summed E-state index contributed by atoms with van der Waals surface area (Å²) in [6.45, 7) is 6.10. The van der Waals surface area contributed by atoms with Crippen LogP contribution in [0.15, 0.2) is 33.2 Å². The number of hydrogen-bond donors (Lipinski definition) is 1. The largest absolute Gasteiger partial charge is 0.496 e. The van der Waals surface area contributed by atoms with Crippen LogP contribution in [0.2, 0.25) is 0 Å². The molecule has 0 aliphatic heterocycles. The predicted octanol–water partition coefficient (Wildman–Crippen LogP) is 6.57. The smallest absolute Gasteiger partial charge is 0.308 e. The summed E-state index contributed by atoms with van der Waals surface area (Å²) in [4.78, 5) is 12.0. The molecule has 0 heterocycles. The molecule has 1 N–H and O–H groups in total. The minimum Gasteiger partial charge on any atom is -0.496 e. The van der Waals surface area contributed by atoms with Crippen LogP contribution in [0.25, 0.3) is 0 Å². The van der Waals surface area contributed by atoms with Crippen LogP contribution < -0.4 is 9.47 Å². The van der Waals surface area contributed by atoms with Gasteiger partial charge in [0.2, 0.25) is 5.79 Å². The minimum absolute atomic E-state index is 0.275. The zero-order chi connectivity index (χ0) is 22.1. The number of rotatable bonds is 7. The fourth-order valence-corrected chi connectivity index (χ4v) is 5.13. The van der Waals surface area contributed by atoms with E-state index in [-0.39, 0.29) is 12.3 Å². The van der Waals surface area contributed by atoms with E-state index in [1.165, 1.54) is 0 Å². The maximum absolute atomic E-state index is 12.0. The lowest BCUT2D eigenvalue weighted by Gasteiger charge is -2.25. The molecule has 0 saturated carbocycles. The molecule has 0 spiro atoms. The van der Waals surface area contributed by atoms with E-state index in [0.29, 0.717) is 40.8 Å². The lowest BCUT2D eigenvalue weighted by atomic mass is 10.0. The number of aliphatic hydroxyl groups is 1. The molecule has 0 saturated heterocycles. The lowest BCUT2D eigenvalue weighted by Crippen LogP contribution is -2.29. The van der Waals surface area contributed by atoms with Gasteiger partial charge in [0, 0.05) is 24.0 Å². The first-order valence-corrected chi connectivity index (χ1v) is 11.6. The molecule has 5 nitrogen and oxygen atoms in total. The van der Waals surface area contributed by atoms with Crippen LogP contribution in [0.4, 0.5) is 0 Å². The van der Waals surface area contributed by atoms with Crippen LogP contribution in [0.5, 0.6) is 17.2 Å². The fourth-order valence-electron chi connectivity index (χ4n) is 3.65. The third-order valence-corrected chi connectivity index (χ3v) is 6.62. The van der Waals surface area contributed by atoms with Crippen molar-refractivity contribution in [1.29, 1.82) is 0 Å². The molecular weight excluding hydrogens is 516 g/mol. The molecule has 0 fully saturated rings. The molecule has 0 amide bonds. The normalized spacial score (nSPS) is 17.7. The van der Waals surface area contributed by atoms with Gasteiger partial charge in [-0.1, -0.05) is 20.8 Å². The summed E-state index contributed by atoms with van der Waals surface area (Å²) >= 11 is 7.18. The molecule has 2 aromatic carbocycles. The van der Waals surface area contributed by atoms with Crippen molar-refractivity contribution in [3.05, 3.63) is 49.9 Å². The summed E-state index contributed by atoms with van der Waals surface area (Å²) in [5, 5.41) is 11.0. The Bertz CT molecular complexity index is 957. The predicted molar refractivity (Wildman–Crippen MR) is 122 cm³/mol. The molecule has 0 bridgehead atoms. The van der Waals surface area contributed by atoms with Crippen molar-refractivity contribution in [2.24, 2.45) is 0 Å². The Morgan fingerprint density at radius 3 is 2.63 bits per heavy atom. The molecule has 1 aliphatic rings. The van der Waals surface area contributed by atoms with Gasteiger partial charge < -0.3 is 19.3 Å². The van der Waals surface area contributed by atoms with Crippen LogP contribution in [0.1, 0.15) is 62.6 Å². The summed E-state index contributed by atoms with van der Waals surface area (Å²) in [7, 11) is 1.66. The van der Waals surface area contributed by atoms with Crippen LogP contribution in [-0.2, 0) is 21.7 Å². The van der Waals surface area contributed by atoms with Gasteiger partial charge in [0.15, 0.2) is 5.75 Å². The van der Waals surface area contributed by atoms with Crippen molar-refractivity contribution in [3.8, 4) is 17.2 Å². The molecule has 30 heavy (non-hydrogen) atoms. The van der Waals surface area contributed by atoms with E-state index >= 15 is 0 Å². The highest BCUT2D eigenvalue weighted by molar-refractivity contribution is 9.11. The van der Waals surface area contributed by atoms with Crippen LogP contribution >= 0.6 is 31.9 Å². The van der Waals surface area contributed by atoms with E-state index < -0.39 is 11.8 Å². The first-order valence-electron chi connectivity index (χ1n) is 10.0. The van der Waals surface area contributed by atoms with Crippen molar-refractivity contribution < 1.29 is 24.1 Å². The van der Waals surface area contributed by atoms with E-state index in [0.717, 1.165) is 21.3 Å². The highest BCUT2D eigenvalue weighted by atomic mass is 79.9. The number of hydrogen-bond acceptors (Lipinski definition) is 5.